The average Bonchev–Trinajstić information content (AvgIpc) is 3.18. The number of nitrogens with one attached hydrogen (secondary N) is 2. The largest absolute Gasteiger partial charge is 0.467 e. The van der Waals surface area contributed by atoms with E-state index in [1.165, 1.54) is 6.26 Å². The molecule has 134 valence electrons. The van der Waals surface area contributed by atoms with Crippen LogP contribution >= 0.6 is 0 Å². The highest BCUT2D eigenvalue weighted by Gasteiger charge is 2.16. The fourth-order valence-corrected chi connectivity index (χ4v) is 2.78. The molecule has 0 spiro atoms. The lowest BCUT2D eigenvalue weighted by atomic mass is 10.1. The molecule has 8 heteroatoms. The van der Waals surface area contributed by atoms with Gasteiger partial charge in [0.2, 0.25) is 0 Å². The minimum atomic E-state index is -0.703. The van der Waals surface area contributed by atoms with E-state index in [0.29, 0.717) is 17.0 Å². The highest BCUT2D eigenvalue weighted by atomic mass is 16.3. The van der Waals surface area contributed by atoms with Gasteiger partial charge in [-0.2, -0.15) is 0 Å². The number of benzene rings is 1. The van der Waals surface area contributed by atoms with E-state index in [1.807, 2.05) is 12.1 Å². The van der Waals surface area contributed by atoms with Crippen molar-refractivity contribution in [2.45, 2.75) is 6.54 Å². The Kier molecular flexibility index (Phi) is 4.13. The summed E-state index contributed by atoms with van der Waals surface area (Å²) in [4.78, 5) is 43.9. The number of hydrogen-bond acceptors (Lipinski definition) is 5. The van der Waals surface area contributed by atoms with Gasteiger partial charge in [0.25, 0.3) is 11.5 Å². The zero-order chi connectivity index (χ0) is 18.8. The summed E-state index contributed by atoms with van der Waals surface area (Å²) in [7, 11) is 0. The Hall–Kier alpha value is -3.94. The third-order valence-corrected chi connectivity index (χ3v) is 4.09. The molecular formula is C19H14N4O4. The molecule has 3 aromatic heterocycles. The molecule has 8 nitrogen and oxygen atoms in total. The molecule has 0 fully saturated rings. The maximum Gasteiger partial charge on any atom is 0.328 e. The van der Waals surface area contributed by atoms with Gasteiger partial charge in [0.15, 0.2) is 0 Å². The number of nitrogens with zero attached hydrogens (tertiary/aromatic N) is 2. The molecule has 2 N–H and O–H groups in total. The Labute approximate surface area is 152 Å². The van der Waals surface area contributed by atoms with E-state index in [2.05, 4.69) is 15.3 Å². The molecule has 0 saturated heterocycles. The molecule has 0 saturated carbocycles. The molecule has 1 aromatic carbocycles. The number of anilines is 1. The van der Waals surface area contributed by atoms with Crippen LogP contribution < -0.4 is 16.6 Å². The van der Waals surface area contributed by atoms with Crippen LogP contribution in [-0.2, 0) is 6.54 Å². The zero-order valence-electron chi connectivity index (χ0n) is 14.0. The lowest BCUT2D eigenvalue weighted by molar-refractivity contribution is 0.102. The van der Waals surface area contributed by atoms with Crippen molar-refractivity contribution in [2.75, 3.05) is 5.32 Å². The van der Waals surface area contributed by atoms with Crippen LogP contribution in [0.15, 0.2) is 75.1 Å². The van der Waals surface area contributed by atoms with Gasteiger partial charge in [-0.3, -0.25) is 19.1 Å². The van der Waals surface area contributed by atoms with Crippen LogP contribution in [0.25, 0.3) is 10.9 Å². The maximum atomic E-state index is 12.7. The van der Waals surface area contributed by atoms with E-state index in [1.54, 1.807) is 36.5 Å². The SMILES string of the molecule is O=C(Nc1cccc2ncccc12)c1c[nH]c(=O)n(Cc2ccco2)c1=O. The second-order valence-corrected chi connectivity index (χ2v) is 5.81. The van der Waals surface area contributed by atoms with Crippen LogP contribution in [0.5, 0.6) is 0 Å². The number of H-pyrrole nitrogens is 1. The van der Waals surface area contributed by atoms with Gasteiger partial charge in [0.05, 0.1) is 24.0 Å². The number of aromatic nitrogens is 3. The lowest BCUT2D eigenvalue weighted by Gasteiger charge is -2.09. The quantitative estimate of drug-likeness (QED) is 0.577. The molecule has 3 heterocycles. The first-order valence-corrected chi connectivity index (χ1v) is 8.13. The summed E-state index contributed by atoms with van der Waals surface area (Å²) >= 11 is 0. The molecule has 0 unspecified atom stereocenters. The fraction of sp³-hybridized carbons (Fsp3) is 0.0526. The predicted molar refractivity (Wildman–Crippen MR) is 98.8 cm³/mol. The number of pyridine rings is 1. The van der Waals surface area contributed by atoms with Gasteiger partial charge in [-0.05, 0) is 36.4 Å². The number of aromatic amines is 1. The number of hydrogen-bond donors (Lipinski definition) is 2. The fourth-order valence-electron chi connectivity index (χ4n) is 2.78. The minimum absolute atomic E-state index is 0.0690. The van der Waals surface area contributed by atoms with Gasteiger partial charge in [-0.15, -0.1) is 0 Å². The van der Waals surface area contributed by atoms with Crippen LogP contribution in [0.1, 0.15) is 16.1 Å². The monoisotopic (exact) mass is 362 g/mol. The predicted octanol–water partition coefficient (Wildman–Crippen LogP) is 1.98. The second kappa shape index (κ2) is 6.75. The first-order valence-electron chi connectivity index (χ1n) is 8.13. The molecule has 0 bridgehead atoms. The Bertz CT molecular complexity index is 1230. The summed E-state index contributed by atoms with van der Waals surface area (Å²) in [6, 6.07) is 12.2. The van der Waals surface area contributed by atoms with Gasteiger partial charge in [-0.25, -0.2) is 4.79 Å². The van der Waals surface area contributed by atoms with E-state index >= 15 is 0 Å². The van der Waals surface area contributed by atoms with Gasteiger partial charge in [0, 0.05) is 17.8 Å². The smallest absolute Gasteiger partial charge is 0.328 e. The average molecular weight is 362 g/mol. The number of carbonyl (C=O) groups is 1. The maximum absolute atomic E-state index is 12.7. The summed E-state index contributed by atoms with van der Waals surface area (Å²) in [6.45, 7) is -0.0690. The second-order valence-electron chi connectivity index (χ2n) is 5.81. The highest BCUT2D eigenvalue weighted by Crippen LogP contribution is 2.21. The Morgan fingerprint density at radius 3 is 2.85 bits per heavy atom. The van der Waals surface area contributed by atoms with Crippen LogP contribution in [-0.4, -0.2) is 20.4 Å². The number of rotatable bonds is 4. The van der Waals surface area contributed by atoms with Crippen molar-refractivity contribution in [3.05, 3.63) is 93.3 Å². The van der Waals surface area contributed by atoms with Crippen molar-refractivity contribution < 1.29 is 9.21 Å². The molecule has 0 radical (unpaired) electrons. The zero-order valence-corrected chi connectivity index (χ0v) is 14.0. The highest BCUT2D eigenvalue weighted by molar-refractivity contribution is 6.08. The van der Waals surface area contributed by atoms with E-state index in [0.717, 1.165) is 16.2 Å². The van der Waals surface area contributed by atoms with E-state index in [4.69, 9.17) is 4.42 Å². The molecule has 0 atom stereocenters. The molecule has 0 aliphatic heterocycles. The van der Waals surface area contributed by atoms with Gasteiger partial charge < -0.3 is 14.7 Å². The first-order chi connectivity index (χ1) is 13.1. The van der Waals surface area contributed by atoms with E-state index in [-0.39, 0.29) is 12.1 Å². The molecule has 4 rings (SSSR count). The Balaban J connectivity index is 1.70. The molecule has 0 aliphatic carbocycles. The van der Waals surface area contributed by atoms with Crippen LogP contribution in [0, 0.1) is 0 Å². The van der Waals surface area contributed by atoms with Crippen LogP contribution in [0.2, 0.25) is 0 Å². The van der Waals surface area contributed by atoms with Gasteiger partial charge in [0.1, 0.15) is 11.3 Å². The summed E-state index contributed by atoms with van der Waals surface area (Å²) in [5, 5.41) is 3.45. The third kappa shape index (κ3) is 3.15. The van der Waals surface area contributed by atoms with Crippen molar-refractivity contribution >= 4 is 22.5 Å². The van der Waals surface area contributed by atoms with Crippen molar-refractivity contribution in [2.24, 2.45) is 0 Å². The van der Waals surface area contributed by atoms with Crippen molar-refractivity contribution in [1.29, 1.82) is 0 Å². The van der Waals surface area contributed by atoms with Crippen molar-refractivity contribution in [3.63, 3.8) is 0 Å². The third-order valence-electron chi connectivity index (χ3n) is 4.09. The Morgan fingerprint density at radius 1 is 1.15 bits per heavy atom. The summed E-state index contributed by atoms with van der Waals surface area (Å²) in [6.07, 6.45) is 4.21. The number of fused-ring (bicyclic) bond motifs is 1. The van der Waals surface area contributed by atoms with Gasteiger partial charge >= 0.3 is 5.69 Å². The molecule has 4 aromatic rings. The number of furan rings is 1. The molecule has 27 heavy (non-hydrogen) atoms. The topological polar surface area (TPSA) is 110 Å². The van der Waals surface area contributed by atoms with Crippen LogP contribution in [0.3, 0.4) is 0 Å². The van der Waals surface area contributed by atoms with E-state index in [9.17, 15) is 14.4 Å². The lowest BCUT2D eigenvalue weighted by Crippen LogP contribution is -2.39. The molecule has 0 aliphatic rings. The van der Waals surface area contributed by atoms with Crippen molar-refractivity contribution in [1.82, 2.24) is 14.5 Å². The van der Waals surface area contributed by atoms with Crippen LogP contribution in [0.4, 0.5) is 5.69 Å². The number of amides is 1. The van der Waals surface area contributed by atoms with Gasteiger partial charge in [-0.1, -0.05) is 6.07 Å². The van der Waals surface area contributed by atoms with Crippen molar-refractivity contribution in [3.8, 4) is 0 Å². The summed E-state index contributed by atoms with van der Waals surface area (Å²) in [5.41, 5.74) is -0.267. The molecule has 1 amide bonds. The summed E-state index contributed by atoms with van der Waals surface area (Å²) < 4.78 is 6.09. The first kappa shape index (κ1) is 16.5. The standard InChI is InChI=1S/C19H14N4O4/c24-17(22-16-7-1-6-15-13(16)5-2-8-20-15)14-10-21-19(26)23(18(14)25)11-12-4-3-9-27-12/h1-10H,11H2,(H,21,26)(H,22,24). The normalized spacial score (nSPS) is 10.8. The molecular weight excluding hydrogens is 348 g/mol. The van der Waals surface area contributed by atoms with E-state index < -0.39 is 17.2 Å². The Morgan fingerprint density at radius 2 is 2.04 bits per heavy atom. The summed E-state index contributed by atoms with van der Waals surface area (Å²) in [5.74, 6) is -0.193. The minimum Gasteiger partial charge on any atom is -0.467 e. The number of carbonyl (C=O) groups excluding carboxylic acids is 1.